The van der Waals surface area contributed by atoms with Crippen LogP contribution in [0.2, 0.25) is 0 Å². The predicted molar refractivity (Wildman–Crippen MR) is 65.4 cm³/mol. The Kier molecular flexibility index (Phi) is 2.29. The lowest BCUT2D eigenvalue weighted by atomic mass is 9.96. The topological polar surface area (TPSA) is 62.1 Å². The van der Waals surface area contributed by atoms with Crippen LogP contribution in [0.5, 0.6) is 0 Å². The van der Waals surface area contributed by atoms with Crippen molar-refractivity contribution in [3.05, 3.63) is 29.8 Å². The van der Waals surface area contributed by atoms with Gasteiger partial charge in [-0.15, -0.1) is 0 Å². The standard InChI is InChI=1S/C13H13N3O2/c1-9-2-4-10(5-3-9)16-11(17)8-13(12(16)18)6-7-14-15-13/h2-5H,6-8H2,1H3. The zero-order chi connectivity index (χ0) is 12.8. The minimum Gasteiger partial charge on any atom is -0.274 e. The number of hydrogen-bond acceptors (Lipinski definition) is 4. The summed E-state index contributed by atoms with van der Waals surface area (Å²) >= 11 is 0. The zero-order valence-corrected chi connectivity index (χ0v) is 10.1. The molecular formula is C13H13N3O2. The van der Waals surface area contributed by atoms with Crippen LogP contribution in [-0.2, 0) is 9.59 Å². The largest absolute Gasteiger partial charge is 0.274 e. The Balaban J connectivity index is 1.98. The van der Waals surface area contributed by atoms with E-state index in [1.54, 1.807) is 12.1 Å². The van der Waals surface area contributed by atoms with E-state index in [1.165, 1.54) is 4.90 Å². The third kappa shape index (κ3) is 1.47. The van der Waals surface area contributed by atoms with Crippen LogP contribution in [0.3, 0.4) is 0 Å². The smallest absolute Gasteiger partial charge is 0.264 e. The highest BCUT2D eigenvalue weighted by Crippen LogP contribution is 2.37. The van der Waals surface area contributed by atoms with E-state index in [9.17, 15) is 9.59 Å². The van der Waals surface area contributed by atoms with Crippen LogP contribution in [0.1, 0.15) is 18.4 Å². The number of aryl methyl sites for hydroxylation is 1. The van der Waals surface area contributed by atoms with Crippen molar-refractivity contribution in [3.8, 4) is 0 Å². The van der Waals surface area contributed by atoms with Crippen molar-refractivity contribution in [2.24, 2.45) is 10.2 Å². The minimum atomic E-state index is -0.915. The van der Waals surface area contributed by atoms with E-state index in [1.807, 2.05) is 19.1 Å². The second-order valence-electron chi connectivity index (χ2n) is 4.79. The van der Waals surface area contributed by atoms with Crippen LogP contribution in [-0.4, -0.2) is 23.9 Å². The van der Waals surface area contributed by atoms with Crippen LogP contribution >= 0.6 is 0 Å². The van der Waals surface area contributed by atoms with Crippen LogP contribution in [0.4, 0.5) is 5.69 Å². The molecule has 0 saturated carbocycles. The molecule has 1 aromatic rings. The van der Waals surface area contributed by atoms with Crippen molar-refractivity contribution in [1.29, 1.82) is 0 Å². The van der Waals surface area contributed by atoms with Crippen molar-refractivity contribution < 1.29 is 9.59 Å². The Morgan fingerprint density at radius 2 is 1.94 bits per heavy atom. The van der Waals surface area contributed by atoms with Crippen molar-refractivity contribution >= 4 is 17.5 Å². The number of imide groups is 1. The van der Waals surface area contributed by atoms with Gasteiger partial charge in [0, 0.05) is 6.42 Å². The Hall–Kier alpha value is -2.04. The summed E-state index contributed by atoms with van der Waals surface area (Å²) in [5, 5.41) is 7.88. The van der Waals surface area contributed by atoms with Crippen LogP contribution in [0.25, 0.3) is 0 Å². The summed E-state index contributed by atoms with van der Waals surface area (Å²) in [7, 11) is 0. The Labute approximate surface area is 105 Å². The normalized spacial score (nSPS) is 26.6. The summed E-state index contributed by atoms with van der Waals surface area (Å²) in [6.07, 6.45) is 0.684. The molecule has 2 amide bonds. The number of azo groups is 1. The van der Waals surface area contributed by atoms with E-state index >= 15 is 0 Å². The molecule has 5 heteroatoms. The third-order valence-corrected chi connectivity index (χ3v) is 3.47. The maximum absolute atomic E-state index is 12.4. The maximum atomic E-state index is 12.4. The highest BCUT2D eigenvalue weighted by molar-refractivity contribution is 6.24. The lowest BCUT2D eigenvalue weighted by Gasteiger charge is -2.17. The van der Waals surface area contributed by atoms with Gasteiger partial charge in [-0.2, -0.15) is 10.2 Å². The average Bonchev–Trinajstić information content (AvgIpc) is 2.89. The molecule has 1 fully saturated rings. The van der Waals surface area contributed by atoms with Crippen molar-refractivity contribution in [1.82, 2.24) is 0 Å². The van der Waals surface area contributed by atoms with Gasteiger partial charge in [-0.25, -0.2) is 4.90 Å². The van der Waals surface area contributed by atoms with Crippen LogP contribution in [0, 0.1) is 6.92 Å². The molecule has 0 N–H and O–H groups in total. The maximum Gasteiger partial charge on any atom is 0.264 e. The molecular weight excluding hydrogens is 230 g/mol. The first-order valence-corrected chi connectivity index (χ1v) is 5.95. The molecule has 1 saturated heterocycles. The second-order valence-corrected chi connectivity index (χ2v) is 4.79. The number of carbonyl (C=O) groups excluding carboxylic acids is 2. The molecule has 2 aliphatic heterocycles. The van der Waals surface area contributed by atoms with Crippen molar-refractivity contribution in [2.75, 3.05) is 11.4 Å². The number of carbonyl (C=O) groups is 2. The van der Waals surface area contributed by atoms with E-state index in [-0.39, 0.29) is 18.2 Å². The third-order valence-electron chi connectivity index (χ3n) is 3.47. The first kappa shape index (κ1) is 11.1. The number of amides is 2. The summed E-state index contributed by atoms with van der Waals surface area (Å²) < 4.78 is 0. The molecule has 0 aliphatic carbocycles. The summed E-state index contributed by atoms with van der Waals surface area (Å²) in [6, 6.07) is 7.35. The minimum absolute atomic E-state index is 0.142. The molecule has 18 heavy (non-hydrogen) atoms. The van der Waals surface area contributed by atoms with Gasteiger partial charge in [0.25, 0.3) is 5.91 Å². The van der Waals surface area contributed by atoms with Gasteiger partial charge in [-0.1, -0.05) is 17.7 Å². The molecule has 1 aromatic carbocycles. The summed E-state index contributed by atoms with van der Waals surface area (Å²) in [4.78, 5) is 25.7. The summed E-state index contributed by atoms with van der Waals surface area (Å²) in [6.45, 7) is 2.49. The fourth-order valence-electron chi connectivity index (χ4n) is 2.43. The van der Waals surface area contributed by atoms with Crippen molar-refractivity contribution in [2.45, 2.75) is 25.3 Å². The highest BCUT2D eigenvalue weighted by Gasteiger charge is 2.54. The molecule has 2 heterocycles. The highest BCUT2D eigenvalue weighted by atomic mass is 16.2. The van der Waals surface area contributed by atoms with Crippen molar-refractivity contribution in [3.63, 3.8) is 0 Å². The van der Waals surface area contributed by atoms with E-state index in [2.05, 4.69) is 10.2 Å². The fourth-order valence-corrected chi connectivity index (χ4v) is 2.43. The molecule has 5 nitrogen and oxygen atoms in total. The zero-order valence-electron chi connectivity index (χ0n) is 10.1. The summed E-state index contributed by atoms with van der Waals surface area (Å²) in [5.74, 6) is -0.428. The first-order valence-electron chi connectivity index (χ1n) is 5.95. The summed E-state index contributed by atoms with van der Waals surface area (Å²) in [5.41, 5.74) is 0.796. The van der Waals surface area contributed by atoms with E-state index in [0.29, 0.717) is 18.7 Å². The predicted octanol–water partition coefficient (Wildman–Crippen LogP) is 1.85. The molecule has 0 bridgehead atoms. The SMILES string of the molecule is Cc1ccc(N2C(=O)CC3(CCN=N3)C2=O)cc1. The molecule has 2 aliphatic rings. The van der Waals surface area contributed by atoms with Gasteiger partial charge in [-0.3, -0.25) is 9.59 Å². The molecule has 92 valence electrons. The molecule has 1 unspecified atom stereocenters. The second kappa shape index (κ2) is 3.73. The first-order chi connectivity index (χ1) is 8.62. The number of hydrogen-bond donors (Lipinski definition) is 0. The van der Waals surface area contributed by atoms with Gasteiger partial charge >= 0.3 is 0 Å². The monoisotopic (exact) mass is 243 g/mol. The Morgan fingerprint density at radius 1 is 1.22 bits per heavy atom. The van der Waals surface area contributed by atoms with Gasteiger partial charge in [-0.05, 0) is 19.1 Å². The van der Waals surface area contributed by atoms with Gasteiger partial charge in [0.15, 0.2) is 5.54 Å². The fraction of sp³-hybridized carbons (Fsp3) is 0.385. The lowest BCUT2D eigenvalue weighted by molar-refractivity contribution is -0.122. The van der Waals surface area contributed by atoms with Gasteiger partial charge in [0.2, 0.25) is 5.91 Å². The molecule has 1 atom stereocenters. The average molecular weight is 243 g/mol. The van der Waals surface area contributed by atoms with E-state index < -0.39 is 5.54 Å². The number of anilines is 1. The molecule has 0 radical (unpaired) electrons. The van der Waals surface area contributed by atoms with Gasteiger partial charge in [0.05, 0.1) is 18.7 Å². The van der Waals surface area contributed by atoms with E-state index in [0.717, 1.165) is 5.56 Å². The van der Waals surface area contributed by atoms with Gasteiger partial charge < -0.3 is 0 Å². The van der Waals surface area contributed by atoms with Crippen LogP contribution in [0.15, 0.2) is 34.5 Å². The van der Waals surface area contributed by atoms with Gasteiger partial charge in [0.1, 0.15) is 0 Å². The lowest BCUT2D eigenvalue weighted by Crippen LogP contribution is -2.38. The molecule has 0 aromatic heterocycles. The Morgan fingerprint density at radius 3 is 2.56 bits per heavy atom. The van der Waals surface area contributed by atoms with E-state index in [4.69, 9.17) is 0 Å². The molecule has 1 spiro atoms. The number of rotatable bonds is 1. The quantitative estimate of drug-likeness (QED) is 0.707. The Bertz CT molecular complexity index is 550. The van der Waals surface area contributed by atoms with Crippen LogP contribution < -0.4 is 4.90 Å². The number of benzene rings is 1. The number of nitrogens with zero attached hydrogens (tertiary/aromatic N) is 3. The molecule has 3 rings (SSSR count).